The Morgan fingerprint density at radius 3 is 1.48 bits per heavy atom. The normalized spacial score (nSPS) is 10.8. The molecule has 25 heteroatoms. The van der Waals surface area contributed by atoms with Crippen LogP contribution in [-0.2, 0) is 20.0 Å². The zero-order chi connectivity index (χ0) is 51.2. The average Bonchev–Trinajstić information content (AvgIpc) is 4.10. The Morgan fingerprint density at radius 1 is 0.587 bits per heavy atom. The van der Waals surface area contributed by atoms with E-state index >= 15 is 4.39 Å². The summed E-state index contributed by atoms with van der Waals surface area (Å²) >= 11 is 3.09. The lowest BCUT2D eigenvalue weighted by Crippen LogP contribution is -2.19. The van der Waals surface area contributed by atoms with Gasteiger partial charge in [0.1, 0.15) is 35.7 Å². The van der Waals surface area contributed by atoms with Gasteiger partial charge in [-0.1, -0.05) is 29.9 Å². The van der Waals surface area contributed by atoms with E-state index in [2.05, 4.69) is 54.7 Å². The zero-order valence-electron chi connectivity index (χ0n) is 39.1. The maximum absolute atomic E-state index is 15.2. The number of methoxy groups -OCH3 is 2. The van der Waals surface area contributed by atoms with Crippen LogP contribution in [-0.4, -0.2) is 60.5 Å². The van der Waals surface area contributed by atoms with Gasteiger partial charge in [-0.3, -0.25) is 38.1 Å². The smallest absolute Gasteiger partial charge is 0.263 e. The number of pyridine rings is 4. The second-order valence-electron chi connectivity index (χ2n) is 15.1. The molecule has 6 heterocycles. The summed E-state index contributed by atoms with van der Waals surface area (Å²) in [6.45, 7) is 1.97. The van der Waals surface area contributed by atoms with Crippen LogP contribution in [0.2, 0.25) is 0 Å². The summed E-state index contributed by atoms with van der Waals surface area (Å²) in [5.41, 5.74) is 1.91. The molecule has 75 heavy (non-hydrogen) atoms. The quantitative estimate of drug-likeness (QED) is 0.115. The number of fused-ring (bicyclic) bond motifs is 2. The minimum absolute atomic E-state index is 0. The summed E-state index contributed by atoms with van der Waals surface area (Å²) in [6.07, 6.45) is 5.81. The molecule has 4 aromatic carbocycles. The predicted octanol–water partition coefficient (Wildman–Crippen LogP) is 9.82. The largest absolute Gasteiger partial charge is 0.495 e. The molecular formula is C50H47BrF2N8O10P2S2. The fraction of sp³-hybridized carbons (Fsp3) is 0.0800. The highest BCUT2D eigenvalue weighted by Crippen LogP contribution is 2.34. The first kappa shape index (κ1) is 58.2. The number of rotatable bonds is 11. The second kappa shape index (κ2) is 25.0. The number of hydrogen-bond donors (Lipinski definition) is 2. The molecule has 0 saturated heterocycles. The number of hydrogen-bond acceptors (Lipinski definition) is 14. The third kappa shape index (κ3) is 13.2. The molecule has 390 valence electrons. The maximum atomic E-state index is 15.2. The first-order valence-corrected chi connectivity index (χ1v) is 24.7. The second-order valence-corrected chi connectivity index (χ2v) is 19.3. The van der Waals surface area contributed by atoms with E-state index in [-0.39, 0.29) is 81.6 Å². The number of halogens is 3. The SMILES string of the molecule is C.COc1cc(-c2ccccn2)c(F)cc1-n1c(=O)ccc2cc(S(=O)(=O)Nc3ccon3)ccc21.COc1cc(Br)c(F)cc1-n1c(=O)ccc2cc(S(=O)(=O)Nc3ccon3)ccc21.Cc1ccccn1.P.P. The van der Waals surface area contributed by atoms with Crippen LogP contribution < -0.4 is 30.0 Å². The summed E-state index contributed by atoms with van der Waals surface area (Å²) < 4.78 is 107. The van der Waals surface area contributed by atoms with E-state index in [9.17, 15) is 30.8 Å². The summed E-state index contributed by atoms with van der Waals surface area (Å²) in [4.78, 5) is 33.6. The van der Waals surface area contributed by atoms with Crippen molar-refractivity contribution in [3.05, 3.63) is 201 Å². The summed E-state index contributed by atoms with van der Waals surface area (Å²) in [5.74, 6) is -0.600. The number of ether oxygens (including phenoxy) is 2. The highest BCUT2D eigenvalue weighted by molar-refractivity contribution is 9.10. The standard InChI is InChI=1S/C24H17FN4O5S.C19H13BrFN3O5S.C6H7N.CH4.2H3P/c1-33-22-13-17(19-4-2-3-10-26-19)18(25)14-21(22)29-20-7-6-16(12-15(20)5-8-24(29)30)35(31,32)28-23-9-11-34-27-23;1-28-17-9-13(20)14(21)10-16(17)24-15-4-3-12(8-11(15)2-5-19(24)25)30(26,27)23-18-6-7-29-22-18;1-6-4-2-3-5-7-6;;;/h2-14H,1H3,(H,27,28);2-10H,1H3,(H,22,23);2-5H,1H3;1H4;2*1H3. The highest BCUT2D eigenvalue weighted by Gasteiger charge is 2.22. The van der Waals surface area contributed by atoms with Crippen LogP contribution in [0.5, 0.6) is 11.5 Å². The molecule has 2 atom stereocenters. The molecule has 18 nitrogen and oxygen atoms in total. The Kier molecular flexibility index (Phi) is 19.4. The van der Waals surface area contributed by atoms with Gasteiger partial charge in [-0.25, -0.2) is 25.6 Å². The topological polar surface area (TPSA) is 233 Å². The van der Waals surface area contributed by atoms with Crippen molar-refractivity contribution < 1.29 is 44.1 Å². The number of anilines is 2. The Bertz CT molecular complexity index is 3940. The fourth-order valence-corrected chi connectivity index (χ4v) is 9.48. The molecule has 0 aliphatic rings. The molecule has 10 rings (SSSR count). The van der Waals surface area contributed by atoms with Gasteiger partial charge >= 0.3 is 0 Å². The van der Waals surface area contributed by atoms with Gasteiger partial charge in [0.05, 0.1) is 56.6 Å². The van der Waals surface area contributed by atoms with Crippen molar-refractivity contribution in [2.24, 2.45) is 0 Å². The fourth-order valence-electron chi connectivity index (χ4n) is 7.11. The van der Waals surface area contributed by atoms with Crippen LogP contribution in [0, 0.1) is 18.6 Å². The van der Waals surface area contributed by atoms with E-state index < -0.39 is 42.8 Å². The molecule has 10 aromatic rings. The number of nitrogens with zero attached hydrogens (tertiary/aromatic N) is 6. The molecule has 0 aliphatic heterocycles. The van der Waals surface area contributed by atoms with Crippen molar-refractivity contribution in [1.29, 1.82) is 0 Å². The lowest BCUT2D eigenvalue weighted by molar-refractivity contribution is 0.411. The van der Waals surface area contributed by atoms with Crippen LogP contribution in [0.15, 0.2) is 191 Å². The molecule has 0 saturated carbocycles. The van der Waals surface area contributed by atoms with E-state index in [1.165, 1.54) is 133 Å². The third-order valence-corrected chi connectivity index (χ3v) is 13.7. The van der Waals surface area contributed by atoms with Gasteiger partial charge in [-0.05, 0) is 108 Å². The molecule has 2 N–H and O–H groups in total. The first-order chi connectivity index (χ1) is 34.6. The van der Waals surface area contributed by atoms with E-state index in [4.69, 9.17) is 9.47 Å². The van der Waals surface area contributed by atoms with Gasteiger partial charge in [0, 0.05) is 70.8 Å². The Labute approximate surface area is 443 Å². The first-order valence-electron chi connectivity index (χ1n) is 21.0. The van der Waals surface area contributed by atoms with Crippen LogP contribution in [0.1, 0.15) is 13.1 Å². The number of nitrogens with one attached hydrogen (secondary N) is 2. The van der Waals surface area contributed by atoms with Crippen molar-refractivity contribution in [3.63, 3.8) is 0 Å². The molecule has 6 aromatic heterocycles. The van der Waals surface area contributed by atoms with E-state index in [1.807, 2.05) is 25.1 Å². The molecule has 0 bridgehead atoms. The van der Waals surface area contributed by atoms with Gasteiger partial charge in [-0.15, -0.1) is 0 Å². The minimum atomic E-state index is -3.97. The third-order valence-electron chi connectivity index (χ3n) is 10.4. The van der Waals surface area contributed by atoms with Crippen LogP contribution in [0.25, 0.3) is 44.4 Å². The monoisotopic (exact) mass is 1160 g/mol. The van der Waals surface area contributed by atoms with E-state index in [0.29, 0.717) is 27.5 Å². The highest BCUT2D eigenvalue weighted by atomic mass is 79.9. The Hall–Kier alpha value is -7.68. The van der Waals surface area contributed by atoms with Crippen LogP contribution in [0.3, 0.4) is 0 Å². The van der Waals surface area contributed by atoms with Gasteiger partial charge in [-0.2, -0.15) is 19.8 Å². The van der Waals surface area contributed by atoms with Crippen molar-refractivity contribution in [2.45, 2.75) is 24.1 Å². The molecule has 0 radical (unpaired) electrons. The van der Waals surface area contributed by atoms with Crippen LogP contribution in [0.4, 0.5) is 20.4 Å². The van der Waals surface area contributed by atoms with Gasteiger partial charge < -0.3 is 18.5 Å². The van der Waals surface area contributed by atoms with Crippen LogP contribution >= 0.6 is 35.7 Å². The molecule has 0 spiro atoms. The number of aryl methyl sites for hydroxylation is 1. The van der Waals surface area contributed by atoms with Gasteiger partial charge in [0.2, 0.25) is 0 Å². The van der Waals surface area contributed by atoms with Gasteiger partial charge in [0.25, 0.3) is 31.2 Å². The van der Waals surface area contributed by atoms with E-state index in [1.54, 1.807) is 30.6 Å². The lowest BCUT2D eigenvalue weighted by atomic mass is 10.1. The molecule has 2 unspecified atom stereocenters. The Balaban J connectivity index is 0.000000238. The van der Waals surface area contributed by atoms with Crippen molar-refractivity contribution in [2.75, 3.05) is 23.7 Å². The summed E-state index contributed by atoms with van der Waals surface area (Å²) in [7, 11) is -5.09. The maximum Gasteiger partial charge on any atom is 0.263 e. The van der Waals surface area contributed by atoms with E-state index in [0.717, 1.165) is 5.69 Å². The van der Waals surface area contributed by atoms with Crippen molar-refractivity contribution in [3.8, 4) is 34.1 Å². The number of sulfonamides is 2. The van der Waals surface area contributed by atoms with Crippen molar-refractivity contribution in [1.82, 2.24) is 29.4 Å². The molecule has 0 fully saturated rings. The number of benzene rings is 4. The molecule has 0 aliphatic carbocycles. The molecule has 0 amide bonds. The van der Waals surface area contributed by atoms with Crippen molar-refractivity contribution >= 4 is 89.2 Å². The summed E-state index contributed by atoms with van der Waals surface area (Å²) in [6, 6.07) is 32.9. The number of aromatic nitrogens is 6. The Morgan fingerprint density at radius 2 is 1.07 bits per heavy atom. The predicted molar refractivity (Wildman–Crippen MR) is 296 cm³/mol. The minimum Gasteiger partial charge on any atom is -0.495 e. The zero-order valence-corrected chi connectivity index (χ0v) is 45.2. The lowest BCUT2D eigenvalue weighted by Gasteiger charge is -2.16. The molecular weight excluding hydrogens is 1120 g/mol. The summed E-state index contributed by atoms with van der Waals surface area (Å²) in [5, 5.41) is 7.95. The average molecular weight is 1160 g/mol. The van der Waals surface area contributed by atoms with Gasteiger partial charge in [0.15, 0.2) is 11.6 Å².